The van der Waals surface area contributed by atoms with E-state index in [9.17, 15) is 27.8 Å². The quantitative estimate of drug-likeness (QED) is 0.265. The first-order valence-electron chi connectivity index (χ1n) is 11.1. The van der Waals surface area contributed by atoms with Crippen molar-refractivity contribution in [1.29, 1.82) is 0 Å². The summed E-state index contributed by atoms with van der Waals surface area (Å²) in [5.41, 5.74) is -2.61. The first kappa shape index (κ1) is 24.4. The Morgan fingerprint density at radius 2 is 1.78 bits per heavy atom. The zero-order chi connectivity index (χ0) is 26.0. The van der Waals surface area contributed by atoms with E-state index in [1.807, 2.05) is 0 Å². The smallest absolute Gasteiger partial charge is 0.419 e. The summed E-state index contributed by atoms with van der Waals surface area (Å²) in [5.74, 6) is -0.719. The number of phenols is 1. The molecule has 0 amide bonds. The Bertz CT molecular complexity index is 1470. The second-order valence-corrected chi connectivity index (χ2v) is 10.1. The average molecular weight is 520 g/mol. The van der Waals surface area contributed by atoms with E-state index in [1.54, 1.807) is 22.9 Å². The molecule has 0 saturated heterocycles. The maximum atomic E-state index is 14.4. The number of alkyl halides is 3. The van der Waals surface area contributed by atoms with Crippen molar-refractivity contribution in [1.82, 2.24) is 9.78 Å². The number of aromatic hydroxyl groups is 1. The Morgan fingerprint density at radius 3 is 2.44 bits per heavy atom. The topological polar surface area (TPSA) is 70.3 Å². The van der Waals surface area contributed by atoms with Gasteiger partial charge in [0.05, 0.1) is 28.5 Å². The highest BCUT2D eigenvalue weighted by Gasteiger charge is 2.64. The average Bonchev–Trinajstić information content (AvgIpc) is 3.23. The highest BCUT2D eigenvalue weighted by Crippen LogP contribution is 2.57. The van der Waals surface area contributed by atoms with E-state index in [-0.39, 0.29) is 21.9 Å². The number of benzene rings is 3. The van der Waals surface area contributed by atoms with Gasteiger partial charge in [-0.2, -0.15) is 18.3 Å². The Kier molecular flexibility index (Phi) is 5.50. The molecule has 0 bridgehead atoms. The van der Waals surface area contributed by atoms with Crippen molar-refractivity contribution < 1.29 is 27.8 Å². The van der Waals surface area contributed by atoms with Gasteiger partial charge in [0.15, 0.2) is 5.60 Å². The number of aromatic nitrogens is 2. The number of anilines is 1. The lowest BCUT2D eigenvalue weighted by Crippen LogP contribution is -2.58. The van der Waals surface area contributed by atoms with E-state index in [4.69, 9.17) is 11.6 Å². The molecule has 5 nitrogen and oxygen atoms in total. The van der Waals surface area contributed by atoms with Crippen LogP contribution in [0.1, 0.15) is 37.4 Å². The molecule has 1 aromatic heterocycles. The molecule has 2 atom stereocenters. The van der Waals surface area contributed by atoms with Crippen LogP contribution in [0.25, 0.3) is 16.6 Å². The number of nitrogens with zero attached hydrogens (tertiary/aromatic N) is 2. The van der Waals surface area contributed by atoms with Crippen LogP contribution < -0.4 is 5.32 Å². The number of phenolic OH excluding ortho intramolecular Hbond substituents is 1. The second-order valence-electron chi connectivity index (χ2n) is 9.69. The third-order valence-corrected chi connectivity index (χ3v) is 7.12. The van der Waals surface area contributed by atoms with Gasteiger partial charge in [-0.3, -0.25) is 0 Å². The van der Waals surface area contributed by atoms with E-state index >= 15 is 0 Å². The molecule has 5 rings (SSSR count). The van der Waals surface area contributed by atoms with Crippen LogP contribution in [-0.2, 0) is 5.41 Å². The Morgan fingerprint density at radius 1 is 1.08 bits per heavy atom. The Hall–Kier alpha value is -3.30. The molecule has 1 heterocycles. The SMILES string of the molecule is CC1(C)C[C@@](O)(C(F)(F)F)[C@@H](Nc2cccc3c2cnn3-c2ccc(F)cc2)c2ccc(Cl)c(O)c21. The molecular formula is C26H22ClF4N3O2. The summed E-state index contributed by atoms with van der Waals surface area (Å²) in [6.45, 7) is 3.06. The fraction of sp³-hybridized carbons (Fsp3) is 0.269. The molecule has 0 aliphatic heterocycles. The van der Waals surface area contributed by atoms with Crippen LogP contribution in [0.15, 0.2) is 60.8 Å². The summed E-state index contributed by atoms with van der Waals surface area (Å²) in [6, 6.07) is 11.7. The van der Waals surface area contributed by atoms with Gasteiger partial charge in [-0.1, -0.05) is 37.6 Å². The molecule has 1 aliphatic carbocycles. The molecule has 188 valence electrons. The van der Waals surface area contributed by atoms with Gasteiger partial charge in [-0.15, -0.1) is 0 Å². The van der Waals surface area contributed by atoms with E-state index < -0.39 is 35.5 Å². The zero-order valence-electron chi connectivity index (χ0n) is 19.2. The fourth-order valence-corrected chi connectivity index (χ4v) is 5.39. The molecule has 0 spiro atoms. The van der Waals surface area contributed by atoms with Crippen molar-refractivity contribution in [3.05, 3.63) is 82.8 Å². The predicted molar refractivity (Wildman–Crippen MR) is 129 cm³/mol. The predicted octanol–water partition coefficient (Wildman–Crippen LogP) is 6.65. The summed E-state index contributed by atoms with van der Waals surface area (Å²) >= 11 is 6.10. The summed E-state index contributed by atoms with van der Waals surface area (Å²) in [6.07, 6.45) is -4.20. The normalized spacial score (nSPS) is 21.4. The minimum atomic E-state index is -4.99. The maximum absolute atomic E-state index is 14.4. The van der Waals surface area contributed by atoms with Crippen LogP contribution in [-0.4, -0.2) is 31.8 Å². The van der Waals surface area contributed by atoms with Gasteiger partial charge in [-0.05, 0) is 59.9 Å². The van der Waals surface area contributed by atoms with Gasteiger partial charge >= 0.3 is 6.18 Å². The summed E-state index contributed by atoms with van der Waals surface area (Å²) in [7, 11) is 0. The first-order chi connectivity index (χ1) is 16.8. The molecule has 0 unspecified atom stereocenters. The van der Waals surface area contributed by atoms with Crippen molar-refractivity contribution in [2.24, 2.45) is 0 Å². The molecular weight excluding hydrogens is 498 g/mol. The lowest BCUT2D eigenvalue weighted by Gasteiger charge is -2.49. The van der Waals surface area contributed by atoms with Gasteiger partial charge in [0.2, 0.25) is 0 Å². The van der Waals surface area contributed by atoms with Crippen molar-refractivity contribution in [3.63, 3.8) is 0 Å². The van der Waals surface area contributed by atoms with Crippen molar-refractivity contribution >= 4 is 28.2 Å². The van der Waals surface area contributed by atoms with Crippen LogP contribution in [0, 0.1) is 5.82 Å². The lowest BCUT2D eigenvalue weighted by molar-refractivity contribution is -0.275. The van der Waals surface area contributed by atoms with Gasteiger partial charge < -0.3 is 15.5 Å². The number of aliphatic hydroxyl groups is 1. The van der Waals surface area contributed by atoms with E-state index in [0.717, 1.165) is 0 Å². The van der Waals surface area contributed by atoms with Gasteiger partial charge in [0.1, 0.15) is 11.6 Å². The maximum Gasteiger partial charge on any atom is 0.419 e. The van der Waals surface area contributed by atoms with Crippen molar-refractivity contribution in [2.75, 3.05) is 5.32 Å². The standard InChI is InChI=1S/C26H22ClF4N3O2/c1-24(2)13-25(36,26(29,30)31)23(16-10-11-18(27)22(35)21(16)24)33-19-4-3-5-20-17(19)12-32-34(20)15-8-6-14(28)7-9-15/h3-12,23,33,35-36H,13H2,1-2H3/t23-,25-/m0/s1. The third-order valence-electron chi connectivity index (χ3n) is 6.81. The van der Waals surface area contributed by atoms with Gasteiger partial charge in [0, 0.05) is 16.6 Å². The minimum absolute atomic E-state index is 0.0145. The van der Waals surface area contributed by atoms with Crippen molar-refractivity contribution in [2.45, 2.75) is 43.5 Å². The molecule has 36 heavy (non-hydrogen) atoms. The Balaban J connectivity index is 1.67. The van der Waals surface area contributed by atoms with E-state index in [0.29, 0.717) is 22.3 Å². The molecule has 3 aromatic carbocycles. The fourth-order valence-electron chi connectivity index (χ4n) is 5.24. The second kappa shape index (κ2) is 8.11. The number of halogens is 5. The summed E-state index contributed by atoms with van der Waals surface area (Å²) < 4.78 is 58.3. The largest absolute Gasteiger partial charge is 0.506 e. The van der Waals surface area contributed by atoms with Gasteiger partial charge in [-0.25, -0.2) is 9.07 Å². The summed E-state index contributed by atoms with van der Waals surface area (Å²) in [4.78, 5) is 0. The number of fused-ring (bicyclic) bond motifs is 2. The number of nitrogens with one attached hydrogen (secondary N) is 1. The molecule has 4 aromatic rings. The summed E-state index contributed by atoms with van der Waals surface area (Å²) in [5, 5.41) is 29.6. The van der Waals surface area contributed by atoms with Gasteiger partial charge in [0.25, 0.3) is 0 Å². The molecule has 0 fully saturated rings. The van der Waals surface area contributed by atoms with Crippen LogP contribution in [0.5, 0.6) is 5.75 Å². The van der Waals surface area contributed by atoms with Crippen molar-refractivity contribution in [3.8, 4) is 11.4 Å². The van der Waals surface area contributed by atoms with Crippen LogP contribution in [0.2, 0.25) is 5.02 Å². The number of hydrogen-bond donors (Lipinski definition) is 3. The number of rotatable bonds is 3. The van der Waals surface area contributed by atoms with E-state index in [1.165, 1.54) is 56.4 Å². The lowest BCUT2D eigenvalue weighted by atomic mass is 9.63. The monoisotopic (exact) mass is 519 g/mol. The third kappa shape index (κ3) is 3.69. The highest BCUT2D eigenvalue weighted by molar-refractivity contribution is 6.32. The first-order valence-corrected chi connectivity index (χ1v) is 11.5. The molecule has 0 radical (unpaired) electrons. The van der Waals surface area contributed by atoms with Crippen LogP contribution >= 0.6 is 11.6 Å². The molecule has 10 heteroatoms. The van der Waals surface area contributed by atoms with E-state index in [2.05, 4.69) is 10.4 Å². The molecule has 0 saturated carbocycles. The minimum Gasteiger partial charge on any atom is -0.506 e. The zero-order valence-corrected chi connectivity index (χ0v) is 20.0. The Labute approximate surface area is 208 Å². The van der Waals surface area contributed by atoms with Crippen LogP contribution in [0.4, 0.5) is 23.2 Å². The van der Waals surface area contributed by atoms with Crippen LogP contribution in [0.3, 0.4) is 0 Å². The molecule has 3 N–H and O–H groups in total. The highest BCUT2D eigenvalue weighted by atomic mass is 35.5. The number of hydrogen-bond acceptors (Lipinski definition) is 4. The molecule has 1 aliphatic rings.